The standard InChI is InChI=1S/C48H53NO15/c1-25-32(60-42(56)36(53)35(28-19-21-31(59-8)22-20-28)49-40(54)29-15-11-9-12-16-29)24-47(58)39(61-41(55)30-17-13-10-14-18-30)38-45(6)33(52)23-34(46(38,7)62-26(2)50)64-48(43(45)57,63-27(3)51)37(25)44(47,4)5/h9-22,32-36,38-39,52-53,58H,23-24H2,1-8H3,(H,49,54)/t32-,33-,34+,35-,36+,38-,39-,45+,46-,47+,48-/m0/s1. The van der Waals surface area contributed by atoms with Crippen molar-refractivity contribution in [1.29, 1.82) is 0 Å². The lowest BCUT2D eigenvalue weighted by Crippen LogP contribution is -2.76. The molecule has 2 aliphatic heterocycles. The van der Waals surface area contributed by atoms with Gasteiger partial charge in [-0.25, -0.2) is 9.59 Å². The number of nitrogens with one attached hydrogen (secondary N) is 1. The average molecular weight is 884 g/mol. The molecule has 340 valence electrons. The summed E-state index contributed by atoms with van der Waals surface area (Å²) in [5.74, 6) is -9.62. The van der Waals surface area contributed by atoms with E-state index in [4.69, 9.17) is 28.4 Å². The van der Waals surface area contributed by atoms with Gasteiger partial charge in [0.1, 0.15) is 35.3 Å². The van der Waals surface area contributed by atoms with Gasteiger partial charge in [0.2, 0.25) is 5.78 Å². The average Bonchev–Trinajstić information content (AvgIpc) is 3.35. The van der Waals surface area contributed by atoms with Crippen molar-refractivity contribution in [2.75, 3.05) is 7.11 Å². The number of hydrogen-bond acceptors (Lipinski definition) is 15. The molecule has 16 heteroatoms. The normalized spacial score (nSPS) is 32.2. The van der Waals surface area contributed by atoms with Gasteiger partial charge in [0.15, 0.2) is 6.10 Å². The zero-order chi connectivity index (χ0) is 46.7. The molecule has 2 heterocycles. The Kier molecular flexibility index (Phi) is 11.9. The van der Waals surface area contributed by atoms with Crippen LogP contribution >= 0.6 is 0 Å². The first-order valence-electron chi connectivity index (χ1n) is 20.9. The van der Waals surface area contributed by atoms with Crippen LogP contribution in [0, 0.1) is 16.7 Å². The largest absolute Gasteiger partial charge is 0.497 e. The molecule has 3 aromatic rings. The van der Waals surface area contributed by atoms with Gasteiger partial charge in [-0.2, -0.15) is 0 Å². The van der Waals surface area contributed by atoms with E-state index in [2.05, 4.69) is 5.32 Å². The van der Waals surface area contributed by atoms with Crippen LogP contribution in [0.2, 0.25) is 0 Å². The summed E-state index contributed by atoms with van der Waals surface area (Å²) < 4.78 is 36.6. The Morgan fingerprint density at radius 2 is 1.41 bits per heavy atom. The number of fused-ring (bicyclic) bond motifs is 3. The summed E-state index contributed by atoms with van der Waals surface area (Å²) in [7, 11) is 1.46. The Hall–Kier alpha value is -5.94. The number of carbonyl (C=O) groups is 6. The van der Waals surface area contributed by atoms with Crippen LogP contribution in [-0.4, -0.2) is 106 Å². The molecule has 11 atom stereocenters. The number of aliphatic hydroxyl groups is 3. The zero-order valence-electron chi connectivity index (χ0n) is 36.8. The van der Waals surface area contributed by atoms with E-state index >= 15 is 4.79 Å². The summed E-state index contributed by atoms with van der Waals surface area (Å²) >= 11 is 0. The fourth-order valence-corrected chi connectivity index (χ4v) is 10.6. The fourth-order valence-electron chi connectivity index (χ4n) is 10.6. The number of ketones is 1. The monoisotopic (exact) mass is 883 g/mol. The second-order valence-corrected chi connectivity index (χ2v) is 17.9. The van der Waals surface area contributed by atoms with Gasteiger partial charge in [0.25, 0.3) is 11.7 Å². The van der Waals surface area contributed by atoms with Gasteiger partial charge in [-0.1, -0.05) is 62.4 Å². The summed E-state index contributed by atoms with van der Waals surface area (Å²) in [4.78, 5) is 84.4. The molecular formula is C48H53NO15. The molecular weight excluding hydrogens is 831 g/mol. The molecule has 4 N–H and O–H groups in total. The van der Waals surface area contributed by atoms with E-state index < -0.39 is 112 Å². The number of Topliss-reactive ketones (excluding diaryl/α,β-unsaturated/α-hetero) is 1. The van der Waals surface area contributed by atoms with Gasteiger partial charge < -0.3 is 49.1 Å². The molecule has 5 aliphatic rings. The molecule has 0 spiro atoms. The zero-order valence-corrected chi connectivity index (χ0v) is 36.8. The van der Waals surface area contributed by atoms with Gasteiger partial charge in [-0.15, -0.1) is 0 Å². The van der Waals surface area contributed by atoms with Crippen LogP contribution < -0.4 is 10.1 Å². The number of aliphatic hydroxyl groups excluding tert-OH is 2. The van der Waals surface area contributed by atoms with E-state index in [0.717, 1.165) is 13.8 Å². The van der Waals surface area contributed by atoms with Gasteiger partial charge in [-0.3, -0.25) is 19.2 Å². The highest BCUT2D eigenvalue weighted by atomic mass is 16.7. The lowest BCUT2D eigenvalue weighted by Gasteiger charge is -2.62. The maximum Gasteiger partial charge on any atom is 0.338 e. The first-order valence-corrected chi connectivity index (χ1v) is 20.9. The van der Waals surface area contributed by atoms with Crippen molar-refractivity contribution in [2.24, 2.45) is 16.7 Å². The van der Waals surface area contributed by atoms with Crippen molar-refractivity contribution >= 4 is 35.6 Å². The molecule has 16 nitrogen and oxygen atoms in total. The number of carbonyl (C=O) groups excluding carboxylic acids is 6. The molecule has 8 rings (SSSR count). The van der Waals surface area contributed by atoms with Gasteiger partial charge in [0, 0.05) is 43.2 Å². The quantitative estimate of drug-likeness (QED) is 0.121. The molecule has 0 unspecified atom stereocenters. The number of ether oxygens (including phenoxy) is 6. The fraction of sp³-hybridized carbons (Fsp3) is 0.458. The van der Waals surface area contributed by atoms with E-state index in [1.54, 1.807) is 72.8 Å². The maximum absolute atomic E-state index is 15.7. The molecule has 0 aromatic heterocycles. The van der Waals surface area contributed by atoms with Gasteiger partial charge in [0.05, 0.1) is 36.2 Å². The van der Waals surface area contributed by atoms with Crippen LogP contribution in [-0.2, 0) is 42.9 Å². The van der Waals surface area contributed by atoms with E-state index in [0.29, 0.717) is 11.3 Å². The predicted octanol–water partition coefficient (Wildman–Crippen LogP) is 4.09. The Morgan fingerprint density at radius 3 is 1.97 bits per heavy atom. The summed E-state index contributed by atoms with van der Waals surface area (Å²) in [6.07, 6.45) is -9.49. The Morgan fingerprint density at radius 1 is 0.828 bits per heavy atom. The second-order valence-electron chi connectivity index (χ2n) is 17.9. The molecule has 1 amide bonds. The van der Waals surface area contributed by atoms with Crippen molar-refractivity contribution in [3.8, 4) is 5.75 Å². The van der Waals surface area contributed by atoms with Crippen molar-refractivity contribution in [1.82, 2.24) is 5.32 Å². The number of benzene rings is 3. The topological polar surface area (TPSA) is 231 Å². The first-order chi connectivity index (χ1) is 30.1. The second kappa shape index (κ2) is 16.6. The third-order valence-electron chi connectivity index (χ3n) is 13.8. The van der Waals surface area contributed by atoms with Crippen molar-refractivity contribution < 1.29 is 72.5 Å². The molecule has 2 saturated carbocycles. The lowest BCUT2D eigenvalue weighted by atomic mass is 9.46. The minimum Gasteiger partial charge on any atom is -0.497 e. The van der Waals surface area contributed by atoms with Crippen LogP contribution in [0.25, 0.3) is 0 Å². The lowest BCUT2D eigenvalue weighted by molar-refractivity contribution is -0.266. The minimum atomic E-state index is -2.76. The van der Waals surface area contributed by atoms with Crippen LogP contribution in [0.3, 0.4) is 0 Å². The molecule has 3 aliphatic carbocycles. The number of esters is 4. The van der Waals surface area contributed by atoms with E-state index in [-0.39, 0.29) is 28.7 Å². The molecule has 3 aromatic carbocycles. The third-order valence-corrected chi connectivity index (χ3v) is 13.8. The Balaban J connectivity index is 1.42. The molecule has 2 saturated heterocycles. The number of amides is 1. The maximum atomic E-state index is 15.7. The SMILES string of the molecule is COc1ccc([C@H](NC(=O)c2ccccc2)[C@@H](O)C(=O)O[C@H]2C[C@@]3(O)[C@@H](OC(=O)c4ccccc4)[C@@H]4[C@@](C)(OC(C)=O)[C@H]5C[C@H](O)[C@@]4(C)C(=O)[C@@](OC(C)=O)(O5)C(=C2C)C3(C)C)cc1. The highest BCUT2D eigenvalue weighted by molar-refractivity contribution is 5.99. The highest BCUT2D eigenvalue weighted by Gasteiger charge is 2.82. The van der Waals surface area contributed by atoms with E-state index in [1.807, 2.05) is 0 Å². The molecule has 64 heavy (non-hydrogen) atoms. The van der Waals surface area contributed by atoms with Gasteiger partial charge in [-0.05, 0) is 68.3 Å². The van der Waals surface area contributed by atoms with Crippen molar-refractivity contribution in [3.05, 3.63) is 113 Å². The molecule has 6 bridgehead atoms. The van der Waals surface area contributed by atoms with Crippen molar-refractivity contribution in [2.45, 2.75) is 115 Å². The Bertz CT molecular complexity index is 2380. The number of hydrogen-bond donors (Lipinski definition) is 4. The van der Waals surface area contributed by atoms with Crippen LogP contribution in [0.1, 0.15) is 93.6 Å². The van der Waals surface area contributed by atoms with Crippen LogP contribution in [0.4, 0.5) is 0 Å². The van der Waals surface area contributed by atoms with E-state index in [1.165, 1.54) is 53.9 Å². The summed E-state index contributed by atoms with van der Waals surface area (Å²) in [5.41, 5.74) is -7.91. The summed E-state index contributed by atoms with van der Waals surface area (Å²) in [5, 5.41) is 40.4. The molecule has 0 radical (unpaired) electrons. The summed E-state index contributed by atoms with van der Waals surface area (Å²) in [6, 6.07) is 20.7. The minimum absolute atomic E-state index is 0.0532. The highest BCUT2D eigenvalue weighted by Crippen LogP contribution is 2.67. The smallest absolute Gasteiger partial charge is 0.338 e. The van der Waals surface area contributed by atoms with Crippen LogP contribution in [0.15, 0.2) is 96.1 Å². The molecule has 4 fully saturated rings. The van der Waals surface area contributed by atoms with Crippen molar-refractivity contribution in [3.63, 3.8) is 0 Å². The predicted molar refractivity (Wildman–Crippen MR) is 224 cm³/mol. The van der Waals surface area contributed by atoms with Gasteiger partial charge >= 0.3 is 23.9 Å². The summed E-state index contributed by atoms with van der Waals surface area (Å²) in [6.45, 7) is 9.49. The first kappa shape index (κ1) is 46.1. The third kappa shape index (κ3) is 7.25. The number of methoxy groups -OCH3 is 1. The Labute approximate surface area is 369 Å². The van der Waals surface area contributed by atoms with Crippen LogP contribution in [0.5, 0.6) is 5.75 Å². The number of rotatable bonds is 11. The van der Waals surface area contributed by atoms with E-state index in [9.17, 15) is 39.3 Å².